The van der Waals surface area contributed by atoms with Gasteiger partial charge < -0.3 is 32.7 Å². The Balaban J connectivity index is 1.74. The predicted octanol–water partition coefficient (Wildman–Crippen LogP) is 2.20. The van der Waals surface area contributed by atoms with Crippen LogP contribution in [0.15, 0.2) is 60.7 Å². The summed E-state index contributed by atoms with van der Waals surface area (Å²) in [7, 11) is 0. The largest absolute Gasteiger partial charge is 0.363 e. The van der Waals surface area contributed by atoms with Crippen LogP contribution in [-0.4, -0.2) is 77.9 Å². The summed E-state index contributed by atoms with van der Waals surface area (Å²) in [6.45, 7) is 5.16. The minimum absolute atomic E-state index is 0.0435. The molecule has 1 aliphatic rings. The van der Waals surface area contributed by atoms with E-state index in [0.717, 1.165) is 11.1 Å². The lowest BCUT2D eigenvalue weighted by atomic mass is 9.88. The number of nitrogens with one attached hydrogen (secondary N) is 2. The molecule has 4 atom stereocenters. The number of likely N-dealkylation sites (tertiary alicyclic amines) is 1. The fourth-order valence-corrected chi connectivity index (χ4v) is 6.55. The number of amides is 4. The molecule has 1 saturated heterocycles. The third-order valence-corrected chi connectivity index (χ3v) is 9.43. The summed E-state index contributed by atoms with van der Waals surface area (Å²) < 4.78 is 0. The molecule has 8 N–H and O–H groups in total. The van der Waals surface area contributed by atoms with Crippen LogP contribution in [0.5, 0.6) is 0 Å². The second-order valence-corrected chi connectivity index (χ2v) is 14.1. The molecule has 0 unspecified atom stereocenters. The molecule has 4 amide bonds. The van der Waals surface area contributed by atoms with Crippen molar-refractivity contribution in [3.63, 3.8) is 0 Å². The average Bonchev–Trinajstić information content (AvgIpc) is 3.11. The van der Waals surface area contributed by atoms with Crippen LogP contribution in [0.1, 0.15) is 76.3 Å². The molecule has 2 aromatic rings. The number of nitrogens with two attached hydrogens (primary N) is 3. The molecule has 12 nitrogen and oxygen atoms in total. The number of hydrogen-bond acceptors (Lipinski definition) is 8. The SMILES string of the molecule is CC(C)C[C@@H](CC(=O)[C@@H](Cc1ccccc1)NC(=O)[C@H](N)Cc1ccccc1)C(=O)N[C@H](CCCCN)C(=O)N1CCC(CC(=O)C(N)=O)CC1. The van der Waals surface area contributed by atoms with Crippen molar-refractivity contribution in [2.45, 2.75) is 96.2 Å². The number of rotatable bonds is 21. The Bertz CT molecular complexity index is 1440. The van der Waals surface area contributed by atoms with Crippen molar-refractivity contribution in [2.24, 2.45) is 35.0 Å². The van der Waals surface area contributed by atoms with E-state index in [1.54, 1.807) is 4.90 Å². The standard InChI is InChI=1S/C39H56N6O6/c1-26(2)21-30(37(49)43-32(15-9-10-18-40)39(51)45-19-16-29(17-20-45)24-35(47)36(42)48)25-34(46)33(23-28-13-7-4-8-14-28)44-38(50)31(41)22-27-11-5-3-6-12-27/h3-8,11-14,26,29-33H,9-10,15-25,40-41H2,1-2H3,(H2,42,48)(H,43,49)(H,44,50)/t30-,31+,32+,33+/m0/s1. The summed E-state index contributed by atoms with van der Waals surface area (Å²) >= 11 is 0. The van der Waals surface area contributed by atoms with E-state index in [2.05, 4.69) is 10.6 Å². The molecular weight excluding hydrogens is 648 g/mol. The lowest BCUT2D eigenvalue weighted by Gasteiger charge is -2.34. The smallest absolute Gasteiger partial charge is 0.284 e. The number of unbranched alkanes of at least 4 members (excludes halogenated alkanes) is 1. The van der Waals surface area contributed by atoms with Crippen molar-refractivity contribution in [2.75, 3.05) is 19.6 Å². The van der Waals surface area contributed by atoms with Gasteiger partial charge >= 0.3 is 0 Å². The molecule has 0 radical (unpaired) electrons. The highest BCUT2D eigenvalue weighted by Gasteiger charge is 2.34. The Hall–Kier alpha value is -4.42. The molecule has 12 heteroatoms. The van der Waals surface area contributed by atoms with Gasteiger partial charge in [-0.2, -0.15) is 0 Å². The van der Waals surface area contributed by atoms with Crippen LogP contribution in [-0.2, 0) is 41.6 Å². The third kappa shape index (κ3) is 14.0. The van der Waals surface area contributed by atoms with Gasteiger partial charge in [0.25, 0.3) is 5.91 Å². The Morgan fingerprint density at radius 3 is 1.92 bits per heavy atom. The van der Waals surface area contributed by atoms with E-state index in [1.807, 2.05) is 74.5 Å². The topological polar surface area (TPSA) is 208 Å². The van der Waals surface area contributed by atoms with Crippen LogP contribution >= 0.6 is 0 Å². The van der Waals surface area contributed by atoms with Crippen molar-refractivity contribution >= 4 is 35.2 Å². The quantitative estimate of drug-likeness (QED) is 0.0959. The molecule has 0 aliphatic carbocycles. The second kappa shape index (κ2) is 21.1. The van der Waals surface area contributed by atoms with Gasteiger partial charge in [0.1, 0.15) is 6.04 Å². The number of nitrogens with zero attached hydrogens (tertiary/aromatic N) is 1. The number of carbonyl (C=O) groups is 6. The number of Topliss-reactive ketones (excluding diaryl/α,β-unsaturated/α-hetero) is 2. The molecule has 0 spiro atoms. The maximum absolute atomic E-state index is 14.0. The maximum atomic E-state index is 14.0. The zero-order chi connectivity index (χ0) is 37.3. The summed E-state index contributed by atoms with van der Waals surface area (Å²) in [6.07, 6.45) is 3.65. The maximum Gasteiger partial charge on any atom is 0.284 e. The van der Waals surface area contributed by atoms with Gasteiger partial charge in [-0.3, -0.25) is 28.8 Å². The molecule has 0 bridgehead atoms. The van der Waals surface area contributed by atoms with Crippen LogP contribution < -0.4 is 27.8 Å². The molecule has 0 aromatic heterocycles. The summed E-state index contributed by atoms with van der Waals surface area (Å²) in [5, 5.41) is 5.85. The highest BCUT2D eigenvalue weighted by Crippen LogP contribution is 2.23. The van der Waals surface area contributed by atoms with Gasteiger partial charge in [0.05, 0.1) is 12.1 Å². The molecule has 1 aliphatic heterocycles. The van der Waals surface area contributed by atoms with Gasteiger partial charge in [0.15, 0.2) is 5.78 Å². The number of benzene rings is 2. The lowest BCUT2D eigenvalue weighted by Crippen LogP contribution is -2.53. The molecule has 2 aromatic carbocycles. The van der Waals surface area contributed by atoms with Crippen LogP contribution in [0.4, 0.5) is 0 Å². The van der Waals surface area contributed by atoms with Crippen LogP contribution in [0.3, 0.4) is 0 Å². The zero-order valence-electron chi connectivity index (χ0n) is 30.1. The molecular formula is C39H56N6O6. The first-order chi connectivity index (χ1) is 24.4. The van der Waals surface area contributed by atoms with Gasteiger partial charge in [0.2, 0.25) is 23.5 Å². The summed E-state index contributed by atoms with van der Waals surface area (Å²) in [6, 6.07) is 16.2. The molecule has 1 heterocycles. The van der Waals surface area contributed by atoms with Crippen molar-refractivity contribution in [1.82, 2.24) is 15.5 Å². The molecule has 278 valence electrons. The summed E-state index contributed by atoms with van der Waals surface area (Å²) in [5.74, 6) is -3.64. The van der Waals surface area contributed by atoms with Gasteiger partial charge in [-0.25, -0.2) is 0 Å². The minimum atomic E-state index is -0.953. The first kappa shape index (κ1) is 41.0. The molecule has 3 rings (SSSR count). The van der Waals surface area contributed by atoms with Gasteiger partial charge in [-0.1, -0.05) is 74.5 Å². The van der Waals surface area contributed by atoms with E-state index >= 15 is 0 Å². The molecule has 0 saturated carbocycles. The molecule has 1 fully saturated rings. The Morgan fingerprint density at radius 2 is 1.37 bits per heavy atom. The first-order valence-electron chi connectivity index (χ1n) is 18.2. The van der Waals surface area contributed by atoms with Crippen molar-refractivity contribution in [3.05, 3.63) is 71.8 Å². The average molecular weight is 705 g/mol. The third-order valence-electron chi connectivity index (χ3n) is 9.43. The van der Waals surface area contributed by atoms with Crippen molar-refractivity contribution in [1.29, 1.82) is 0 Å². The van der Waals surface area contributed by atoms with Crippen molar-refractivity contribution in [3.8, 4) is 0 Å². The van der Waals surface area contributed by atoms with Crippen LogP contribution in [0.2, 0.25) is 0 Å². The minimum Gasteiger partial charge on any atom is -0.363 e. The van der Waals surface area contributed by atoms with E-state index in [4.69, 9.17) is 17.2 Å². The normalized spacial score (nSPS) is 15.7. The number of carbonyl (C=O) groups excluding carboxylic acids is 6. The van der Waals surface area contributed by atoms with E-state index < -0.39 is 47.5 Å². The molecule has 51 heavy (non-hydrogen) atoms. The van der Waals surface area contributed by atoms with Gasteiger partial charge in [-0.05, 0) is 80.9 Å². The summed E-state index contributed by atoms with van der Waals surface area (Å²) in [4.78, 5) is 79.8. The fourth-order valence-electron chi connectivity index (χ4n) is 6.55. The number of hydrogen-bond donors (Lipinski definition) is 5. The van der Waals surface area contributed by atoms with Crippen molar-refractivity contribution < 1.29 is 28.8 Å². The van der Waals surface area contributed by atoms with E-state index in [9.17, 15) is 28.8 Å². The van der Waals surface area contributed by atoms with E-state index in [1.165, 1.54) is 0 Å². The second-order valence-electron chi connectivity index (χ2n) is 14.1. The predicted molar refractivity (Wildman–Crippen MR) is 196 cm³/mol. The highest BCUT2D eigenvalue weighted by atomic mass is 16.2. The zero-order valence-corrected chi connectivity index (χ0v) is 30.1. The van der Waals surface area contributed by atoms with Crippen LogP contribution in [0.25, 0.3) is 0 Å². The number of ketones is 2. The lowest BCUT2D eigenvalue weighted by molar-refractivity contribution is -0.140. The van der Waals surface area contributed by atoms with Gasteiger partial charge in [-0.15, -0.1) is 0 Å². The number of primary amides is 1. The number of piperidine rings is 1. The van der Waals surface area contributed by atoms with Gasteiger partial charge in [0, 0.05) is 31.8 Å². The highest BCUT2D eigenvalue weighted by molar-refractivity contribution is 6.35. The fraction of sp³-hybridized carbons (Fsp3) is 0.538. The Morgan fingerprint density at radius 1 is 0.804 bits per heavy atom. The van der Waals surface area contributed by atoms with E-state index in [0.29, 0.717) is 64.6 Å². The monoisotopic (exact) mass is 704 g/mol. The Labute approximate surface area is 301 Å². The summed E-state index contributed by atoms with van der Waals surface area (Å²) in [5.41, 5.74) is 18.9. The van der Waals surface area contributed by atoms with Crippen LogP contribution in [0, 0.1) is 17.8 Å². The van der Waals surface area contributed by atoms with E-state index in [-0.39, 0.29) is 42.8 Å². The first-order valence-corrected chi connectivity index (χ1v) is 18.2. The Kier molecular flexibility index (Phi) is 16.9.